The number of H-pyrrole nitrogens is 1. The highest BCUT2D eigenvalue weighted by Gasteiger charge is 2.48. The summed E-state index contributed by atoms with van der Waals surface area (Å²) in [5, 5.41) is 1.56. The van der Waals surface area contributed by atoms with E-state index >= 15 is 0 Å². The van der Waals surface area contributed by atoms with Crippen LogP contribution in [0.5, 0.6) is 0 Å². The maximum atomic E-state index is 12.6. The van der Waals surface area contributed by atoms with Crippen LogP contribution in [0, 0.1) is 17.8 Å². The molecule has 3 heteroatoms. The van der Waals surface area contributed by atoms with Crippen molar-refractivity contribution in [2.24, 2.45) is 17.8 Å². The van der Waals surface area contributed by atoms with Crippen molar-refractivity contribution < 1.29 is 4.79 Å². The number of hydrogen-bond acceptors (Lipinski definition) is 1. The van der Waals surface area contributed by atoms with Gasteiger partial charge in [0.15, 0.2) is 5.78 Å². The number of carbonyl (C=O) groups is 1. The fourth-order valence-electron chi connectivity index (χ4n) is 3.48. The van der Waals surface area contributed by atoms with Gasteiger partial charge in [-0.25, -0.2) is 0 Å². The first kappa shape index (κ1) is 10.6. The molecule has 2 atom stereocenters. The van der Waals surface area contributed by atoms with Crippen LogP contribution in [-0.2, 0) is 0 Å². The fraction of sp³-hybridized carbons (Fsp3) is 0.400. The van der Waals surface area contributed by atoms with Crippen molar-refractivity contribution >= 4 is 28.3 Å². The van der Waals surface area contributed by atoms with Gasteiger partial charge in [0.2, 0.25) is 0 Å². The highest BCUT2D eigenvalue weighted by molar-refractivity contribution is 6.37. The SMILES string of the molecule is O=C(c1c[nH]c2cccc(Cl)c12)C1CC2CC2C1. The Labute approximate surface area is 110 Å². The van der Waals surface area contributed by atoms with Crippen LogP contribution in [0.1, 0.15) is 29.6 Å². The van der Waals surface area contributed by atoms with Gasteiger partial charge in [0.1, 0.15) is 0 Å². The van der Waals surface area contributed by atoms with E-state index in [2.05, 4.69) is 4.98 Å². The van der Waals surface area contributed by atoms with Gasteiger partial charge >= 0.3 is 0 Å². The predicted molar refractivity (Wildman–Crippen MR) is 72.0 cm³/mol. The molecule has 92 valence electrons. The van der Waals surface area contributed by atoms with Gasteiger partial charge in [0, 0.05) is 28.6 Å². The summed E-state index contributed by atoms with van der Waals surface area (Å²) in [6.45, 7) is 0. The minimum atomic E-state index is 0.226. The molecule has 0 spiro atoms. The van der Waals surface area contributed by atoms with Crippen LogP contribution >= 0.6 is 11.6 Å². The van der Waals surface area contributed by atoms with Gasteiger partial charge in [-0.2, -0.15) is 0 Å². The summed E-state index contributed by atoms with van der Waals surface area (Å²) >= 11 is 6.22. The second kappa shape index (κ2) is 3.61. The first-order chi connectivity index (χ1) is 8.74. The van der Waals surface area contributed by atoms with Crippen LogP contribution in [0.4, 0.5) is 0 Å². The zero-order valence-corrected chi connectivity index (χ0v) is 10.7. The highest BCUT2D eigenvalue weighted by atomic mass is 35.5. The lowest BCUT2D eigenvalue weighted by Gasteiger charge is -2.09. The number of rotatable bonds is 2. The standard InChI is InChI=1S/C15H14ClNO/c16-12-2-1-3-13-14(12)11(7-17-13)15(18)10-5-8-4-9(8)6-10/h1-3,7-10,17H,4-6H2. The number of Topliss-reactive ketones (excluding diaryl/α,β-unsaturated/α-hetero) is 1. The molecule has 0 amide bonds. The molecule has 2 nitrogen and oxygen atoms in total. The molecular weight excluding hydrogens is 246 g/mol. The summed E-state index contributed by atoms with van der Waals surface area (Å²) < 4.78 is 0. The molecule has 0 saturated heterocycles. The lowest BCUT2D eigenvalue weighted by Crippen LogP contribution is -2.12. The van der Waals surface area contributed by atoms with Gasteiger partial charge < -0.3 is 4.98 Å². The van der Waals surface area contributed by atoms with E-state index in [-0.39, 0.29) is 11.7 Å². The quantitative estimate of drug-likeness (QED) is 0.811. The molecule has 0 bridgehead atoms. The Kier molecular flexibility index (Phi) is 2.13. The third kappa shape index (κ3) is 1.45. The number of fused-ring (bicyclic) bond motifs is 2. The molecule has 2 unspecified atom stereocenters. The van der Waals surface area contributed by atoms with Crippen LogP contribution in [0.3, 0.4) is 0 Å². The monoisotopic (exact) mass is 259 g/mol. The van der Waals surface area contributed by atoms with E-state index < -0.39 is 0 Å². The van der Waals surface area contributed by atoms with Crippen molar-refractivity contribution in [3.05, 3.63) is 35.0 Å². The van der Waals surface area contributed by atoms with Crippen molar-refractivity contribution in [1.29, 1.82) is 0 Å². The maximum absolute atomic E-state index is 12.6. The minimum Gasteiger partial charge on any atom is -0.360 e. The first-order valence-electron chi connectivity index (χ1n) is 6.54. The van der Waals surface area contributed by atoms with Gasteiger partial charge in [-0.05, 0) is 43.2 Å². The maximum Gasteiger partial charge on any atom is 0.168 e. The Bertz CT molecular complexity index is 635. The second-order valence-electron chi connectivity index (χ2n) is 5.65. The Morgan fingerprint density at radius 3 is 2.78 bits per heavy atom. The summed E-state index contributed by atoms with van der Waals surface area (Å²) in [6, 6.07) is 5.71. The van der Waals surface area contributed by atoms with E-state index in [9.17, 15) is 4.79 Å². The summed E-state index contributed by atoms with van der Waals surface area (Å²) in [4.78, 5) is 15.7. The molecule has 4 rings (SSSR count). The average molecular weight is 260 g/mol. The van der Waals surface area contributed by atoms with Gasteiger partial charge in [-0.1, -0.05) is 17.7 Å². The largest absolute Gasteiger partial charge is 0.360 e. The Morgan fingerprint density at radius 1 is 1.22 bits per heavy atom. The molecular formula is C15H14ClNO. The van der Waals surface area contributed by atoms with E-state index in [0.29, 0.717) is 5.02 Å². The number of hydrogen-bond donors (Lipinski definition) is 1. The number of aromatic nitrogens is 1. The van der Waals surface area contributed by atoms with Crippen molar-refractivity contribution in [3.8, 4) is 0 Å². The summed E-state index contributed by atoms with van der Waals surface area (Å²) in [7, 11) is 0. The van der Waals surface area contributed by atoms with E-state index in [4.69, 9.17) is 11.6 Å². The summed E-state index contributed by atoms with van der Waals surface area (Å²) in [6.07, 6.45) is 5.34. The molecule has 1 aromatic carbocycles. The molecule has 0 aliphatic heterocycles. The lowest BCUT2D eigenvalue weighted by atomic mass is 9.93. The molecule has 1 heterocycles. The second-order valence-corrected chi connectivity index (χ2v) is 6.06. The van der Waals surface area contributed by atoms with Crippen LogP contribution in [0.25, 0.3) is 10.9 Å². The molecule has 18 heavy (non-hydrogen) atoms. The smallest absolute Gasteiger partial charge is 0.168 e. The van der Waals surface area contributed by atoms with Crippen LogP contribution in [0.15, 0.2) is 24.4 Å². The lowest BCUT2D eigenvalue weighted by molar-refractivity contribution is 0.0916. The number of ketones is 1. The minimum absolute atomic E-state index is 0.226. The Morgan fingerprint density at radius 2 is 2.00 bits per heavy atom. The number of aromatic amines is 1. The van der Waals surface area contributed by atoms with Crippen LogP contribution in [0.2, 0.25) is 5.02 Å². The van der Waals surface area contributed by atoms with Crippen LogP contribution < -0.4 is 0 Å². The zero-order chi connectivity index (χ0) is 12.3. The topological polar surface area (TPSA) is 32.9 Å². The average Bonchev–Trinajstić information content (AvgIpc) is 2.81. The molecule has 1 N–H and O–H groups in total. The molecule has 1 aromatic heterocycles. The number of halogens is 1. The van der Waals surface area contributed by atoms with Gasteiger partial charge in [0.25, 0.3) is 0 Å². The molecule has 2 aliphatic rings. The predicted octanol–water partition coefficient (Wildman–Crippen LogP) is 4.05. The van der Waals surface area contributed by atoms with E-state index in [1.807, 2.05) is 24.4 Å². The molecule has 2 saturated carbocycles. The Balaban J connectivity index is 1.75. The Hall–Kier alpha value is -1.28. The van der Waals surface area contributed by atoms with Gasteiger partial charge in [-0.3, -0.25) is 4.79 Å². The zero-order valence-electron chi connectivity index (χ0n) is 9.95. The number of benzene rings is 1. The molecule has 0 radical (unpaired) electrons. The van der Waals surface area contributed by atoms with Gasteiger partial charge in [0.05, 0.1) is 5.02 Å². The summed E-state index contributed by atoms with van der Waals surface area (Å²) in [5.74, 6) is 2.17. The fourth-order valence-corrected chi connectivity index (χ4v) is 3.76. The van der Waals surface area contributed by atoms with E-state index in [1.165, 1.54) is 6.42 Å². The normalized spacial score (nSPS) is 29.5. The van der Waals surface area contributed by atoms with Crippen molar-refractivity contribution in [2.75, 3.05) is 0 Å². The molecule has 2 aliphatic carbocycles. The number of nitrogens with one attached hydrogen (secondary N) is 1. The van der Waals surface area contributed by atoms with Crippen molar-refractivity contribution in [1.82, 2.24) is 4.98 Å². The first-order valence-corrected chi connectivity index (χ1v) is 6.91. The third-order valence-electron chi connectivity index (χ3n) is 4.53. The molecule has 2 fully saturated rings. The van der Waals surface area contributed by atoms with Crippen LogP contribution in [-0.4, -0.2) is 10.8 Å². The number of carbonyl (C=O) groups excluding carboxylic acids is 1. The van der Waals surface area contributed by atoms with E-state index in [0.717, 1.165) is 41.1 Å². The highest BCUT2D eigenvalue weighted by Crippen LogP contribution is 2.55. The van der Waals surface area contributed by atoms with Crippen molar-refractivity contribution in [3.63, 3.8) is 0 Å². The third-order valence-corrected chi connectivity index (χ3v) is 4.85. The molecule has 2 aromatic rings. The summed E-state index contributed by atoms with van der Waals surface area (Å²) in [5.41, 5.74) is 1.73. The van der Waals surface area contributed by atoms with Crippen molar-refractivity contribution in [2.45, 2.75) is 19.3 Å². The van der Waals surface area contributed by atoms with E-state index in [1.54, 1.807) is 0 Å². The van der Waals surface area contributed by atoms with Gasteiger partial charge in [-0.15, -0.1) is 0 Å².